The number of sulfone groups is 1. The summed E-state index contributed by atoms with van der Waals surface area (Å²) in [5.74, 6) is -1.64. The molecule has 3 aromatic rings. The Kier molecular flexibility index (Phi) is 7.53. The first-order valence-corrected chi connectivity index (χ1v) is 17.5. The molecule has 1 atom stereocenters. The molecular weight excluding hydrogens is 625 g/mol. The lowest BCUT2D eigenvalue weighted by molar-refractivity contribution is 0.0949. The number of nitrogens with zero attached hydrogens (tertiary/aromatic N) is 1. The minimum absolute atomic E-state index is 0.00102. The molecule has 0 radical (unpaired) electrons. The quantitative estimate of drug-likeness (QED) is 0.349. The number of halogens is 4. The molecule has 1 saturated carbocycles. The van der Waals surface area contributed by atoms with E-state index in [9.17, 15) is 34.8 Å². The Morgan fingerprint density at radius 1 is 1.02 bits per heavy atom. The second-order valence-electron chi connectivity index (χ2n) is 11.3. The number of rotatable bonds is 7. The summed E-state index contributed by atoms with van der Waals surface area (Å²) in [5, 5.41) is 2.64. The highest BCUT2D eigenvalue weighted by molar-refractivity contribution is 7.93. The summed E-state index contributed by atoms with van der Waals surface area (Å²) < 4.78 is 95.5. The second kappa shape index (κ2) is 10.8. The Bertz CT molecular complexity index is 1800. The fourth-order valence-electron chi connectivity index (χ4n) is 6.60. The van der Waals surface area contributed by atoms with Crippen molar-refractivity contribution < 1.29 is 34.8 Å². The maximum absolute atomic E-state index is 14.2. The van der Waals surface area contributed by atoms with E-state index >= 15 is 0 Å². The van der Waals surface area contributed by atoms with Gasteiger partial charge in [-0.1, -0.05) is 35.9 Å². The molecule has 228 valence electrons. The zero-order valence-electron chi connectivity index (χ0n) is 22.8. The number of carbonyl (C=O) groups is 1. The molecule has 43 heavy (non-hydrogen) atoms. The number of nitrogens with one attached hydrogen (secondary N) is 1. The van der Waals surface area contributed by atoms with Gasteiger partial charge in [0.25, 0.3) is 22.4 Å². The fourth-order valence-corrected chi connectivity index (χ4v) is 10.4. The SMILES string of the molecule is O=C(NCc1ccccc1C(F)F)c1ccc2c(c1Cl)C1(CCS(=O)(=O)CC1)C(C1CC1)N2S(=O)(=O)c1ccc(F)cc1. The third-order valence-electron chi connectivity index (χ3n) is 8.81. The molecular formula is C30H28ClF3N2O5S2. The Balaban J connectivity index is 1.45. The Morgan fingerprint density at radius 3 is 2.30 bits per heavy atom. The number of hydrogen-bond donors (Lipinski definition) is 1. The van der Waals surface area contributed by atoms with Crippen LogP contribution in [0.5, 0.6) is 0 Å². The first-order valence-electron chi connectivity index (χ1n) is 13.8. The summed E-state index contributed by atoms with van der Waals surface area (Å²) in [6.45, 7) is -0.189. The van der Waals surface area contributed by atoms with Gasteiger partial charge in [-0.15, -0.1) is 0 Å². The maximum Gasteiger partial charge on any atom is 0.264 e. The van der Waals surface area contributed by atoms with Crippen molar-refractivity contribution in [2.45, 2.75) is 55.0 Å². The van der Waals surface area contributed by atoms with Gasteiger partial charge in [0.05, 0.1) is 38.7 Å². The average molecular weight is 653 g/mol. The third-order valence-corrected chi connectivity index (χ3v) is 12.7. The number of anilines is 1. The Morgan fingerprint density at radius 2 is 1.67 bits per heavy atom. The standard InChI is InChI=1S/C30H28ClF3N2O5S2/c31-26-23(29(37)35-17-19-3-1-2-4-22(19)28(33)34)11-12-24-25(26)30(13-15-42(38,39)16-14-30)27(18-5-6-18)36(24)43(40,41)21-9-7-20(32)8-10-21/h1-4,7-12,18,27-28H,5-6,13-17H2,(H,35,37). The van der Waals surface area contributed by atoms with E-state index in [0.717, 1.165) is 25.0 Å². The van der Waals surface area contributed by atoms with E-state index in [-0.39, 0.29) is 69.1 Å². The molecule has 0 bridgehead atoms. The summed E-state index contributed by atoms with van der Waals surface area (Å²) >= 11 is 6.98. The molecule has 2 fully saturated rings. The van der Waals surface area contributed by atoms with E-state index in [1.54, 1.807) is 6.07 Å². The predicted molar refractivity (Wildman–Crippen MR) is 156 cm³/mol. The zero-order chi connectivity index (χ0) is 30.7. The van der Waals surface area contributed by atoms with Gasteiger partial charge < -0.3 is 5.32 Å². The number of amides is 1. The van der Waals surface area contributed by atoms with Crippen LogP contribution in [-0.2, 0) is 31.8 Å². The number of carbonyl (C=O) groups excluding carboxylic acids is 1. The first-order chi connectivity index (χ1) is 20.4. The van der Waals surface area contributed by atoms with Gasteiger partial charge >= 0.3 is 0 Å². The Hall–Kier alpha value is -3.09. The van der Waals surface area contributed by atoms with Crippen LogP contribution < -0.4 is 9.62 Å². The number of fused-ring (bicyclic) bond motifs is 2. The number of alkyl halides is 2. The molecule has 1 spiro atoms. The largest absolute Gasteiger partial charge is 0.348 e. The van der Waals surface area contributed by atoms with E-state index in [0.29, 0.717) is 5.56 Å². The molecule has 3 aromatic carbocycles. The molecule has 13 heteroatoms. The van der Waals surface area contributed by atoms with E-state index in [2.05, 4.69) is 5.32 Å². The molecule has 0 aromatic heterocycles. The third kappa shape index (κ3) is 5.21. The molecule has 2 heterocycles. The van der Waals surface area contributed by atoms with Gasteiger partial charge in [-0.05, 0) is 73.6 Å². The highest BCUT2D eigenvalue weighted by Gasteiger charge is 2.61. The monoisotopic (exact) mass is 652 g/mol. The van der Waals surface area contributed by atoms with Gasteiger partial charge in [0.2, 0.25) is 0 Å². The van der Waals surface area contributed by atoms with Crippen LogP contribution >= 0.6 is 11.6 Å². The van der Waals surface area contributed by atoms with E-state index in [1.807, 2.05) is 0 Å². The number of hydrogen-bond acceptors (Lipinski definition) is 5. The normalized spacial score (nSPS) is 20.8. The van der Waals surface area contributed by atoms with Gasteiger partial charge in [-0.2, -0.15) is 0 Å². The van der Waals surface area contributed by atoms with Crippen LogP contribution in [-0.4, -0.2) is 40.3 Å². The van der Waals surface area contributed by atoms with Crippen molar-refractivity contribution >= 4 is 43.1 Å². The molecule has 6 rings (SSSR count). The lowest BCUT2D eigenvalue weighted by atomic mass is 9.70. The van der Waals surface area contributed by atoms with Gasteiger partial charge in [-0.25, -0.2) is 30.0 Å². The molecule has 1 saturated heterocycles. The van der Waals surface area contributed by atoms with Crippen molar-refractivity contribution in [1.82, 2.24) is 5.32 Å². The van der Waals surface area contributed by atoms with Crippen molar-refractivity contribution in [2.75, 3.05) is 15.8 Å². The smallest absolute Gasteiger partial charge is 0.264 e. The van der Waals surface area contributed by atoms with Crippen LogP contribution in [0.25, 0.3) is 0 Å². The van der Waals surface area contributed by atoms with Gasteiger partial charge in [0, 0.05) is 23.1 Å². The second-order valence-corrected chi connectivity index (χ2v) is 15.8. The maximum atomic E-state index is 14.2. The Labute approximate surface area is 253 Å². The summed E-state index contributed by atoms with van der Waals surface area (Å²) in [4.78, 5) is 13.3. The molecule has 1 unspecified atom stereocenters. The zero-order valence-corrected chi connectivity index (χ0v) is 25.2. The minimum atomic E-state index is -4.25. The lowest BCUT2D eigenvalue weighted by Gasteiger charge is -2.42. The van der Waals surface area contributed by atoms with Gasteiger partial charge in [0.15, 0.2) is 0 Å². The van der Waals surface area contributed by atoms with E-state index < -0.39 is 49.5 Å². The summed E-state index contributed by atoms with van der Waals surface area (Å²) in [6.07, 6.45) is -1.03. The summed E-state index contributed by atoms with van der Waals surface area (Å²) in [5.41, 5.74) is -0.276. The molecule has 1 aliphatic carbocycles. The van der Waals surface area contributed by atoms with Crippen LogP contribution in [0.15, 0.2) is 65.6 Å². The van der Waals surface area contributed by atoms with Crippen molar-refractivity contribution in [3.8, 4) is 0 Å². The fraction of sp³-hybridized carbons (Fsp3) is 0.367. The lowest BCUT2D eigenvalue weighted by Crippen LogP contribution is -2.52. The first kappa shape index (κ1) is 30.0. The average Bonchev–Trinajstić information content (AvgIpc) is 3.76. The molecule has 3 aliphatic rings. The number of sulfonamides is 1. The van der Waals surface area contributed by atoms with E-state index in [4.69, 9.17) is 11.6 Å². The summed E-state index contributed by atoms with van der Waals surface area (Å²) in [7, 11) is -7.62. The minimum Gasteiger partial charge on any atom is -0.348 e. The highest BCUT2D eigenvalue weighted by Crippen LogP contribution is 2.61. The summed E-state index contributed by atoms with van der Waals surface area (Å²) in [6, 6.07) is 12.6. The highest BCUT2D eigenvalue weighted by atomic mass is 35.5. The van der Waals surface area contributed by atoms with Crippen molar-refractivity contribution in [1.29, 1.82) is 0 Å². The molecule has 1 N–H and O–H groups in total. The predicted octanol–water partition coefficient (Wildman–Crippen LogP) is 5.78. The van der Waals surface area contributed by atoms with Crippen LogP contribution in [0.1, 0.15) is 59.2 Å². The molecule has 2 aliphatic heterocycles. The van der Waals surface area contributed by atoms with Crippen LogP contribution in [0, 0.1) is 11.7 Å². The van der Waals surface area contributed by atoms with Gasteiger partial charge in [0.1, 0.15) is 15.7 Å². The topological polar surface area (TPSA) is 101 Å². The van der Waals surface area contributed by atoms with Crippen molar-refractivity contribution in [2.24, 2.45) is 5.92 Å². The van der Waals surface area contributed by atoms with Crippen molar-refractivity contribution in [3.63, 3.8) is 0 Å². The van der Waals surface area contributed by atoms with Gasteiger partial charge in [-0.3, -0.25) is 9.10 Å². The van der Waals surface area contributed by atoms with Crippen LogP contribution in [0.2, 0.25) is 5.02 Å². The van der Waals surface area contributed by atoms with Crippen LogP contribution in [0.3, 0.4) is 0 Å². The van der Waals surface area contributed by atoms with Crippen LogP contribution in [0.4, 0.5) is 18.9 Å². The van der Waals surface area contributed by atoms with E-state index in [1.165, 1.54) is 46.8 Å². The molecule has 1 amide bonds. The number of benzene rings is 3. The molecule has 7 nitrogen and oxygen atoms in total. The van der Waals surface area contributed by atoms with Crippen molar-refractivity contribution in [3.05, 3.63) is 93.8 Å².